The van der Waals surface area contributed by atoms with E-state index < -0.39 is 289 Å². The van der Waals surface area contributed by atoms with Gasteiger partial charge in [0, 0.05) is 0 Å². The molecule has 13 rings (SSSR count). The van der Waals surface area contributed by atoms with Gasteiger partial charge in [0.1, 0.15) is 171 Å². The van der Waals surface area contributed by atoms with Gasteiger partial charge in [-0.2, -0.15) is 0 Å². The van der Waals surface area contributed by atoms with Crippen molar-refractivity contribution in [1.82, 2.24) is 0 Å². The van der Waals surface area contributed by atoms with Gasteiger partial charge in [-0.1, -0.05) is 60.1 Å². The highest BCUT2D eigenvalue weighted by atomic mass is 16.8. The van der Waals surface area contributed by atoms with E-state index in [4.69, 9.17) is 75.8 Å². The van der Waals surface area contributed by atoms with E-state index in [0.717, 1.165) is 44.9 Å². The molecule has 5 aliphatic carbocycles. The fourth-order valence-corrected chi connectivity index (χ4v) is 21.8. The first-order valence-corrected chi connectivity index (χ1v) is 40.4. The molecule has 46 atom stereocenters. The predicted octanol–water partition coefficient (Wildman–Crippen LogP) is -6.84. The Kier molecular flexibility index (Phi) is 27.3. The molecule has 2 unspecified atom stereocenters. The SMILES string of the molecule is C[C@@H]1O[C@@H](OC[C@H]2O[C@@H](O[C@@H]3[C@@H](O)[C@H](O[C@H]4[C@H](O)[C@@H](O)[C@H](O[C@@H]5CO[C@@H](O[C@@H]6[C@@H](O)[C@H](C)O[C@@H](O[C@H]7[C@H](OC8CC[C@@]9(C)C(CC[C@]%10(C)[C@@H]9CC=C9[C@@H]%11CC(C)(C)CC[C@]%11(C(=O)O)CC[C@]9%10C)C8(C)C)OC[C@H](O)[C@@H]7O)[C@@H]6O)[C@H](O)[C@@H]5O)O[C@@H]4CO)O[C@H](CO)[C@H]3O)[C@H](O)[C@@H](O)[C@@H]2O[C@@H]2O[C@H](CO)[C@@H](O)[C@H](O)[C@H]2O)[C@H](O)[C@H](O)[C@H]1O. The highest BCUT2D eigenvalue weighted by molar-refractivity contribution is 5.76. The molecule has 8 aliphatic heterocycles. The molecular formula is C76H124O39. The van der Waals surface area contributed by atoms with Crippen LogP contribution in [0, 0.1) is 50.2 Å². The van der Waals surface area contributed by atoms with Crippen LogP contribution < -0.4 is 0 Å². The second-order valence-electron chi connectivity index (χ2n) is 36.6. The molecule has 0 aromatic rings. The lowest BCUT2D eigenvalue weighted by Gasteiger charge is -2.71. The lowest BCUT2D eigenvalue weighted by Crippen LogP contribution is -2.68. The third-order valence-corrected chi connectivity index (χ3v) is 29.1. The van der Waals surface area contributed by atoms with E-state index >= 15 is 0 Å². The van der Waals surface area contributed by atoms with Crippen LogP contribution in [-0.2, 0) is 80.6 Å². The molecule has 662 valence electrons. The zero-order valence-corrected chi connectivity index (χ0v) is 65.9. The van der Waals surface area contributed by atoms with Crippen LogP contribution in [0.4, 0.5) is 0 Å². The summed E-state index contributed by atoms with van der Waals surface area (Å²) in [5, 5.41) is 245. The molecule has 115 heavy (non-hydrogen) atoms. The summed E-state index contributed by atoms with van der Waals surface area (Å²) in [5.41, 5.74) is -0.370. The van der Waals surface area contributed by atoms with Gasteiger partial charge >= 0.3 is 5.97 Å². The number of hydrogen-bond acceptors (Lipinski definition) is 38. The number of carbonyl (C=O) groups is 1. The molecule has 22 N–H and O–H groups in total. The van der Waals surface area contributed by atoms with Gasteiger partial charge in [-0.15, -0.1) is 0 Å². The first-order valence-electron chi connectivity index (χ1n) is 40.4. The van der Waals surface area contributed by atoms with Gasteiger partial charge in [0.05, 0.1) is 63.4 Å². The average molecular weight is 1660 g/mol. The van der Waals surface area contributed by atoms with Crippen molar-refractivity contribution in [3.05, 3.63) is 11.6 Å². The Hall–Kier alpha value is -2.27. The largest absolute Gasteiger partial charge is 0.481 e. The van der Waals surface area contributed by atoms with Gasteiger partial charge in [0.25, 0.3) is 0 Å². The zero-order valence-electron chi connectivity index (χ0n) is 65.9. The van der Waals surface area contributed by atoms with Crippen LogP contribution in [-0.4, -0.2) is 397 Å². The van der Waals surface area contributed by atoms with Gasteiger partial charge in [-0.25, -0.2) is 0 Å². The number of aliphatic hydroxyl groups is 21. The van der Waals surface area contributed by atoms with E-state index in [-0.39, 0.29) is 46.0 Å². The molecule has 39 nitrogen and oxygen atoms in total. The molecule has 0 amide bonds. The van der Waals surface area contributed by atoms with Crippen LogP contribution >= 0.6 is 0 Å². The van der Waals surface area contributed by atoms with E-state index in [1.807, 2.05) is 0 Å². The molecule has 0 aromatic carbocycles. The number of allylic oxidation sites excluding steroid dienone is 2. The summed E-state index contributed by atoms with van der Waals surface area (Å²) in [7, 11) is 0. The molecular weight excluding hydrogens is 1540 g/mol. The summed E-state index contributed by atoms with van der Waals surface area (Å²) in [6.45, 7) is 14.0. The molecule has 8 saturated heterocycles. The Morgan fingerprint density at radius 3 is 1.54 bits per heavy atom. The third-order valence-electron chi connectivity index (χ3n) is 29.1. The molecule has 13 aliphatic rings. The summed E-state index contributed by atoms with van der Waals surface area (Å²) in [4.78, 5) is 13.3. The quantitative estimate of drug-likeness (QED) is 0.0375. The summed E-state index contributed by atoms with van der Waals surface area (Å²) in [6, 6.07) is 0. The van der Waals surface area contributed by atoms with Gasteiger partial charge in [-0.05, 0) is 123 Å². The van der Waals surface area contributed by atoms with Crippen LogP contribution in [0.3, 0.4) is 0 Å². The second-order valence-corrected chi connectivity index (χ2v) is 36.6. The minimum Gasteiger partial charge on any atom is -0.481 e. The van der Waals surface area contributed by atoms with Crippen molar-refractivity contribution in [3.63, 3.8) is 0 Å². The molecule has 39 heteroatoms. The van der Waals surface area contributed by atoms with Crippen molar-refractivity contribution in [2.24, 2.45) is 50.2 Å². The first kappa shape index (κ1) is 90.5. The smallest absolute Gasteiger partial charge is 0.310 e. The monoisotopic (exact) mass is 1660 g/mol. The van der Waals surface area contributed by atoms with Crippen molar-refractivity contribution >= 4 is 5.97 Å². The van der Waals surface area contributed by atoms with Crippen LogP contribution in [0.5, 0.6) is 0 Å². The summed E-state index contributed by atoms with van der Waals surface area (Å²) >= 11 is 0. The number of fused-ring (bicyclic) bond motifs is 7. The van der Waals surface area contributed by atoms with Crippen molar-refractivity contribution in [2.45, 2.75) is 366 Å². The molecule has 0 radical (unpaired) electrons. The maximum absolute atomic E-state index is 13.3. The van der Waals surface area contributed by atoms with E-state index in [2.05, 4.69) is 54.5 Å². The standard InChI is InChI=1S/C76H124O39/c1-27-40(81)46(87)51(92)62(103-27)102-26-36-58(112-65-52(93)47(88)43(84)32(21-77)105-65)49(90)54(95)66(109-36)114-60-45(86)33(22-78)106-68(56(60)97)111-57-34(23-79)107-64(53(94)48(57)89)108-35-25-101-63(50(91)44(35)85)113-59-41(82)28(2)104-67(55(59)96)115-61-42(83)31(80)24-100-69(61)110-39-13-14-73(7)37(72(39,5)6)12-15-75(9)38(73)11-10-29-30-20-71(3,4)16-18-76(30,70(98)99)19-17-74(29,75)8/h10,27-28,30-69,77-97H,11-26H2,1-9H3,(H,98,99)/t27-,28-,30-,31-,32+,33+,34+,35+,36+,37?,38+,39?,40-,41-,42-,43+,44+,45+,46+,47-,48+,49+,50+,51+,52+,53+,54+,55+,56+,57+,58+,59+,60-,61+,62+,63-,64-,65-,66-,67-,68-,69-,73-,74+,75+,76-/m0/s1. The fraction of sp³-hybridized carbons (Fsp3) is 0.961. The van der Waals surface area contributed by atoms with Crippen molar-refractivity contribution < 1.29 is 193 Å². The Labute approximate surface area is 664 Å². The Bertz CT molecular complexity index is 3290. The van der Waals surface area contributed by atoms with Crippen LogP contribution in [0.1, 0.15) is 127 Å². The Morgan fingerprint density at radius 2 is 0.904 bits per heavy atom. The summed E-state index contributed by atoms with van der Waals surface area (Å²) in [5.74, 6) is -0.286. The number of aliphatic hydroxyl groups excluding tert-OH is 21. The Balaban J connectivity index is 0.627. The van der Waals surface area contributed by atoms with Gasteiger partial charge in [0.2, 0.25) is 0 Å². The molecule has 0 aromatic heterocycles. The van der Waals surface area contributed by atoms with Crippen molar-refractivity contribution in [2.75, 3.05) is 39.6 Å². The van der Waals surface area contributed by atoms with Gasteiger partial charge in [0.15, 0.2) is 50.3 Å². The maximum Gasteiger partial charge on any atom is 0.310 e. The topological polar surface area (TPSA) is 610 Å². The minimum atomic E-state index is -2.28. The lowest BCUT2D eigenvalue weighted by molar-refractivity contribution is -0.396. The number of ether oxygens (including phenoxy) is 16. The van der Waals surface area contributed by atoms with E-state index in [1.54, 1.807) is 0 Å². The molecule has 4 saturated carbocycles. The maximum atomic E-state index is 13.3. The fourth-order valence-electron chi connectivity index (χ4n) is 21.8. The average Bonchev–Trinajstić information content (AvgIpc) is 0.674. The summed E-state index contributed by atoms with van der Waals surface area (Å²) in [6.07, 6.45) is -60.3. The molecule has 0 bridgehead atoms. The zero-order chi connectivity index (χ0) is 83.7. The highest BCUT2D eigenvalue weighted by Crippen LogP contribution is 2.76. The first-order chi connectivity index (χ1) is 54.0. The van der Waals surface area contributed by atoms with E-state index in [0.29, 0.717) is 19.3 Å². The van der Waals surface area contributed by atoms with E-state index in [9.17, 15) is 117 Å². The number of carboxylic acid groups (broad SMARTS) is 1. The van der Waals surface area contributed by atoms with Gasteiger partial charge < -0.3 is 188 Å². The Morgan fingerprint density at radius 1 is 0.417 bits per heavy atom. The number of rotatable bonds is 21. The third kappa shape index (κ3) is 16.2. The van der Waals surface area contributed by atoms with E-state index in [1.165, 1.54) is 19.4 Å². The predicted molar refractivity (Wildman–Crippen MR) is 379 cm³/mol. The van der Waals surface area contributed by atoms with Crippen LogP contribution in [0.15, 0.2) is 11.6 Å². The normalized spacial score (nSPS) is 54.6. The van der Waals surface area contributed by atoms with Crippen LogP contribution in [0.2, 0.25) is 0 Å². The lowest BCUT2D eigenvalue weighted by atomic mass is 9.33. The highest BCUT2D eigenvalue weighted by Gasteiger charge is 2.71. The minimum absolute atomic E-state index is 0.0228. The molecule has 12 fully saturated rings. The summed E-state index contributed by atoms with van der Waals surface area (Å²) < 4.78 is 94.9. The molecule has 8 heterocycles. The van der Waals surface area contributed by atoms with Crippen molar-refractivity contribution in [1.29, 1.82) is 0 Å². The number of carboxylic acids is 1. The van der Waals surface area contributed by atoms with Gasteiger partial charge in [-0.3, -0.25) is 4.79 Å². The number of hydrogen-bond donors (Lipinski definition) is 22. The van der Waals surface area contributed by atoms with Crippen LogP contribution in [0.25, 0.3) is 0 Å². The van der Waals surface area contributed by atoms with Crippen molar-refractivity contribution in [3.8, 4) is 0 Å². The molecule has 0 spiro atoms. The number of aliphatic carboxylic acids is 1. The second kappa shape index (κ2) is 34.7.